The molecule has 5 nitrogen and oxygen atoms in total. The molecule has 0 saturated carbocycles. The van der Waals surface area contributed by atoms with Crippen molar-refractivity contribution in [2.45, 2.75) is 39.8 Å². The molecule has 0 saturated heterocycles. The van der Waals surface area contributed by atoms with Crippen molar-refractivity contribution in [3.8, 4) is 0 Å². The zero-order chi connectivity index (χ0) is 15.2. The van der Waals surface area contributed by atoms with Gasteiger partial charge in [-0.25, -0.2) is 0 Å². The minimum Gasteiger partial charge on any atom is -0.379 e. The number of anilines is 1. The zero-order valence-corrected chi connectivity index (χ0v) is 12.5. The Morgan fingerprint density at radius 3 is 2.76 bits per heavy atom. The number of aryl methyl sites for hydroxylation is 2. The summed E-state index contributed by atoms with van der Waals surface area (Å²) in [6.07, 6.45) is 3.80. The van der Waals surface area contributed by atoms with Gasteiger partial charge in [0.25, 0.3) is 5.69 Å². The first-order valence-corrected chi connectivity index (χ1v) is 7.31. The third-order valence-corrected chi connectivity index (χ3v) is 3.52. The Bertz CT molecular complexity index is 620. The fourth-order valence-corrected chi connectivity index (χ4v) is 2.40. The van der Waals surface area contributed by atoms with E-state index in [-0.39, 0.29) is 10.6 Å². The molecule has 5 heteroatoms. The van der Waals surface area contributed by atoms with Gasteiger partial charge in [0, 0.05) is 35.8 Å². The number of nitrogens with zero attached hydrogens (tertiary/aromatic N) is 2. The summed E-state index contributed by atoms with van der Waals surface area (Å²) < 4.78 is 2.20. The van der Waals surface area contributed by atoms with Crippen LogP contribution in [0.1, 0.15) is 31.5 Å². The second kappa shape index (κ2) is 6.92. The van der Waals surface area contributed by atoms with Crippen LogP contribution >= 0.6 is 0 Å². The van der Waals surface area contributed by atoms with Crippen LogP contribution in [0.5, 0.6) is 0 Å². The molecule has 1 N–H and O–H groups in total. The molecule has 0 unspecified atom stereocenters. The molecule has 1 heterocycles. The molecular weight excluding hydrogens is 266 g/mol. The van der Waals surface area contributed by atoms with Crippen molar-refractivity contribution < 1.29 is 4.92 Å². The van der Waals surface area contributed by atoms with Gasteiger partial charge in [-0.1, -0.05) is 19.9 Å². The van der Waals surface area contributed by atoms with Crippen LogP contribution in [0.25, 0.3) is 0 Å². The third-order valence-electron chi connectivity index (χ3n) is 3.52. The van der Waals surface area contributed by atoms with Crippen molar-refractivity contribution in [1.82, 2.24) is 4.57 Å². The van der Waals surface area contributed by atoms with E-state index < -0.39 is 0 Å². The molecule has 112 valence electrons. The molecular formula is C16H21N3O2. The lowest BCUT2D eigenvalue weighted by molar-refractivity contribution is -0.385. The number of nitro groups is 1. The van der Waals surface area contributed by atoms with E-state index in [1.54, 1.807) is 6.07 Å². The van der Waals surface area contributed by atoms with Crippen LogP contribution in [0.15, 0.2) is 36.5 Å². The second-order valence-electron chi connectivity index (χ2n) is 5.00. The van der Waals surface area contributed by atoms with Gasteiger partial charge >= 0.3 is 0 Å². The third kappa shape index (κ3) is 3.62. The number of hydrogen-bond acceptors (Lipinski definition) is 3. The van der Waals surface area contributed by atoms with Gasteiger partial charge in [-0.15, -0.1) is 0 Å². The quantitative estimate of drug-likeness (QED) is 0.619. The number of benzene rings is 1. The van der Waals surface area contributed by atoms with Crippen LogP contribution in [0, 0.1) is 10.1 Å². The monoisotopic (exact) mass is 287 g/mol. The molecule has 0 aliphatic carbocycles. The largest absolute Gasteiger partial charge is 0.379 e. The smallest absolute Gasteiger partial charge is 0.274 e. The highest BCUT2D eigenvalue weighted by Gasteiger charge is 2.13. The van der Waals surface area contributed by atoms with Crippen molar-refractivity contribution in [2.24, 2.45) is 0 Å². The topological polar surface area (TPSA) is 60.1 Å². The van der Waals surface area contributed by atoms with Crippen LogP contribution in [-0.4, -0.2) is 9.49 Å². The summed E-state index contributed by atoms with van der Waals surface area (Å²) in [5.74, 6) is 0. The number of aromatic nitrogens is 1. The van der Waals surface area contributed by atoms with Gasteiger partial charge in [-0.05, 0) is 31.0 Å². The summed E-state index contributed by atoms with van der Waals surface area (Å²) in [4.78, 5) is 10.8. The zero-order valence-electron chi connectivity index (χ0n) is 12.5. The van der Waals surface area contributed by atoms with Gasteiger partial charge in [-0.2, -0.15) is 0 Å². The summed E-state index contributed by atoms with van der Waals surface area (Å²) in [6.45, 7) is 5.71. The van der Waals surface area contributed by atoms with E-state index in [4.69, 9.17) is 0 Å². The lowest BCUT2D eigenvalue weighted by Crippen LogP contribution is -2.07. The van der Waals surface area contributed by atoms with Crippen LogP contribution in [0.2, 0.25) is 0 Å². The number of hydrogen-bond donors (Lipinski definition) is 1. The van der Waals surface area contributed by atoms with Crippen molar-refractivity contribution in [3.05, 3.63) is 57.9 Å². The van der Waals surface area contributed by atoms with Crippen molar-refractivity contribution in [3.63, 3.8) is 0 Å². The van der Waals surface area contributed by atoms with E-state index in [0.29, 0.717) is 13.0 Å². The molecule has 0 aliphatic heterocycles. The molecule has 2 aromatic rings. The van der Waals surface area contributed by atoms with E-state index in [2.05, 4.69) is 29.1 Å². The molecule has 0 bridgehead atoms. The maximum atomic E-state index is 11.1. The molecule has 0 atom stereocenters. The number of nitrogens with one attached hydrogen (secondary N) is 1. The summed E-state index contributed by atoms with van der Waals surface area (Å²) in [7, 11) is 0. The Kier molecular flexibility index (Phi) is 4.98. The lowest BCUT2D eigenvalue weighted by Gasteiger charge is -2.11. The van der Waals surface area contributed by atoms with Gasteiger partial charge in [0.15, 0.2) is 0 Å². The fourth-order valence-electron chi connectivity index (χ4n) is 2.40. The van der Waals surface area contributed by atoms with Gasteiger partial charge in [0.2, 0.25) is 0 Å². The van der Waals surface area contributed by atoms with E-state index >= 15 is 0 Å². The second-order valence-corrected chi connectivity index (χ2v) is 5.00. The van der Waals surface area contributed by atoms with Gasteiger partial charge in [0.05, 0.1) is 11.5 Å². The molecule has 0 amide bonds. The van der Waals surface area contributed by atoms with Crippen molar-refractivity contribution in [1.29, 1.82) is 0 Å². The molecule has 2 rings (SSSR count). The summed E-state index contributed by atoms with van der Waals surface area (Å²) in [6, 6.07) is 9.43. The van der Waals surface area contributed by atoms with Crippen molar-refractivity contribution >= 4 is 11.4 Å². The predicted octanol–water partition coefficient (Wildman–Crippen LogP) is 3.98. The highest BCUT2D eigenvalue weighted by molar-refractivity contribution is 5.55. The van der Waals surface area contributed by atoms with Gasteiger partial charge < -0.3 is 9.88 Å². The Hall–Kier alpha value is -2.30. The molecule has 0 radical (unpaired) electrons. The fraction of sp³-hybridized carbons (Fsp3) is 0.375. The average molecular weight is 287 g/mol. The standard InChI is InChI=1S/C16H21N3O2/c1-3-9-18-10-5-6-15(18)12-17-14-8-7-13(4-2)16(11-14)19(20)21/h5-8,10-11,17H,3-4,9,12H2,1-2H3. The number of rotatable bonds is 7. The van der Waals surface area contributed by atoms with Gasteiger partial charge in [0.1, 0.15) is 0 Å². The van der Waals surface area contributed by atoms with Crippen LogP contribution < -0.4 is 5.32 Å². The molecule has 1 aromatic heterocycles. The maximum absolute atomic E-state index is 11.1. The van der Waals surface area contributed by atoms with E-state index in [1.807, 2.05) is 25.1 Å². The Morgan fingerprint density at radius 1 is 1.29 bits per heavy atom. The first kappa shape index (κ1) is 15.1. The summed E-state index contributed by atoms with van der Waals surface area (Å²) in [5.41, 5.74) is 2.91. The molecule has 0 aliphatic rings. The lowest BCUT2D eigenvalue weighted by atomic mass is 10.1. The first-order valence-electron chi connectivity index (χ1n) is 7.31. The number of nitro benzene ring substituents is 1. The summed E-state index contributed by atoms with van der Waals surface area (Å²) >= 11 is 0. The van der Waals surface area contributed by atoms with Crippen LogP contribution in [0.4, 0.5) is 11.4 Å². The Balaban J connectivity index is 2.11. The van der Waals surface area contributed by atoms with Crippen LogP contribution in [0.3, 0.4) is 0 Å². The highest BCUT2D eigenvalue weighted by Crippen LogP contribution is 2.24. The average Bonchev–Trinajstić information content (AvgIpc) is 2.92. The predicted molar refractivity (Wildman–Crippen MR) is 84.5 cm³/mol. The van der Waals surface area contributed by atoms with Crippen LogP contribution in [-0.2, 0) is 19.5 Å². The van der Waals surface area contributed by atoms with E-state index in [0.717, 1.165) is 24.2 Å². The minimum absolute atomic E-state index is 0.187. The van der Waals surface area contributed by atoms with Crippen molar-refractivity contribution in [2.75, 3.05) is 5.32 Å². The minimum atomic E-state index is -0.316. The molecule has 0 fully saturated rings. The highest BCUT2D eigenvalue weighted by atomic mass is 16.6. The van der Waals surface area contributed by atoms with Gasteiger partial charge in [-0.3, -0.25) is 10.1 Å². The van der Waals surface area contributed by atoms with E-state index in [1.165, 1.54) is 5.69 Å². The Morgan fingerprint density at radius 2 is 2.10 bits per heavy atom. The summed E-state index contributed by atoms with van der Waals surface area (Å²) in [5, 5.41) is 14.3. The SMILES string of the molecule is CCCn1cccc1CNc1ccc(CC)c([N+](=O)[O-])c1. The maximum Gasteiger partial charge on any atom is 0.274 e. The molecule has 0 spiro atoms. The normalized spacial score (nSPS) is 10.6. The Labute approximate surface area is 124 Å². The molecule has 1 aromatic carbocycles. The first-order chi connectivity index (χ1) is 10.2. The van der Waals surface area contributed by atoms with E-state index in [9.17, 15) is 10.1 Å². The molecule has 21 heavy (non-hydrogen) atoms.